The Morgan fingerprint density at radius 2 is 2.00 bits per heavy atom. The Morgan fingerprint density at radius 3 is 2.25 bits per heavy atom. The van der Waals surface area contributed by atoms with Crippen molar-refractivity contribution in [3.05, 3.63) is 24.8 Å². The molecule has 0 unspecified atom stereocenters. The minimum absolute atomic E-state index is 0.347. The van der Waals surface area contributed by atoms with Crippen molar-refractivity contribution in [3.8, 4) is 0 Å². The second-order valence-corrected chi connectivity index (χ2v) is 2.79. The van der Waals surface area contributed by atoms with E-state index >= 15 is 0 Å². The molecule has 0 aromatic rings. The smallest absolute Gasteiger partial charge is 0.332 e. The van der Waals surface area contributed by atoms with Gasteiger partial charge in [-0.25, -0.2) is 9.59 Å². The summed E-state index contributed by atoms with van der Waals surface area (Å²) in [5.41, 5.74) is 5.57. The third-order valence-electron chi connectivity index (χ3n) is 1.29. The van der Waals surface area contributed by atoms with Crippen LogP contribution in [-0.4, -0.2) is 32.2 Å². The molecule has 0 aliphatic heterocycles. The lowest BCUT2D eigenvalue weighted by Gasteiger charge is -1.97. The van der Waals surface area contributed by atoms with E-state index in [1.807, 2.05) is 0 Å². The van der Waals surface area contributed by atoms with Crippen LogP contribution >= 0.6 is 0 Å². The molecule has 0 spiro atoms. The van der Waals surface area contributed by atoms with Gasteiger partial charge < -0.3 is 15.2 Å². The summed E-state index contributed by atoms with van der Waals surface area (Å²) in [4.78, 5) is 20.5. The first-order valence-corrected chi connectivity index (χ1v) is 4.72. The molecule has 0 aromatic carbocycles. The Balaban J connectivity index is 0. The standard InChI is InChI=1S/C6H11NO2.C5H8O2/c1-2-6(8)9-5-3-4-7;1-4(2)5(6)7-3/h2H,1,3-5,7H2;1H2,2-3H3. The summed E-state index contributed by atoms with van der Waals surface area (Å²) in [7, 11) is 1.33. The minimum Gasteiger partial charge on any atom is -0.466 e. The maximum absolute atomic E-state index is 10.3. The maximum atomic E-state index is 10.3. The molecule has 0 aliphatic carbocycles. The van der Waals surface area contributed by atoms with Crippen LogP contribution in [0.15, 0.2) is 24.8 Å². The van der Waals surface area contributed by atoms with Crippen LogP contribution in [0.5, 0.6) is 0 Å². The molecule has 0 aromatic heterocycles. The Hall–Kier alpha value is -1.62. The SMILES string of the molecule is C=C(C)C(=O)OC.C=CC(=O)OCCCN. The number of rotatable bonds is 5. The maximum Gasteiger partial charge on any atom is 0.332 e. The molecule has 0 bridgehead atoms. The lowest BCUT2D eigenvalue weighted by Crippen LogP contribution is -2.07. The normalized spacial score (nSPS) is 8.19. The number of hydrogen-bond donors (Lipinski definition) is 1. The van der Waals surface area contributed by atoms with Crippen molar-refractivity contribution in [2.45, 2.75) is 13.3 Å². The first-order valence-electron chi connectivity index (χ1n) is 4.72. The van der Waals surface area contributed by atoms with E-state index in [-0.39, 0.29) is 11.9 Å². The Morgan fingerprint density at radius 1 is 1.44 bits per heavy atom. The van der Waals surface area contributed by atoms with Crippen LogP contribution in [0.2, 0.25) is 0 Å². The van der Waals surface area contributed by atoms with Crippen molar-refractivity contribution in [1.29, 1.82) is 0 Å². The van der Waals surface area contributed by atoms with Gasteiger partial charge in [0.2, 0.25) is 0 Å². The highest BCUT2D eigenvalue weighted by molar-refractivity contribution is 5.86. The first-order chi connectivity index (χ1) is 7.49. The average molecular weight is 229 g/mol. The molecule has 0 aliphatic rings. The second-order valence-electron chi connectivity index (χ2n) is 2.79. The molecule has 2 N–H and O–H groups in total. The number of carbonyl (C=O) groups excluding carboxylic acids is 2. The summed E-state index contributed by atoms with van der Waals surface area (Å²) in [5, 5.41) is 0. The summed E-state index contributed by atoms with van der Waals surface area (Å²) in [6.45, 7) is 9.12. The van der Waals surface area contributed by atoms with E-state index < -0.39 is 0 Å². The summed E-state index contributed by atoms with van der Waals surface area (Å²) < 4.78 is 8.87. The number of methoxy groups -OCH3 is 1. The number of nitrogens with two attached hydrogens (primary N) is 1. The second kappa shape index (κ2) is 11.5. The van der Waals surface area contributed by atoms with Gasteiger partial charge in [-0.2, -0.15) is 0 Å². The van der Waals surface area contributed by atoms with Gasteiger partial charge in [0.1, 0.15) is 0 Å². The predicted octanol–water partition coefficient (Wildman–Crippen LogP) is 0.800. The number of carbonyl (C=O) groups is 2. The average Bonchev–Trinajstić information content (AvgIpc) is 2.28. The monoisotopic (exact) mass is 229 g/mol. The Bertz CT molecular complexity index is 248. The molecule has 0 fully saturated rings. The van der Waals surface area contributed by atoms with Crippen molar-refractivity contribution in [2.24, 2.45) is 5.73 Å². The van der Waals surface area contributed by atoms with Crippen LogP contribution in [-0.2, 0) is 19.1 Å². The largest absolute Gasteiger partial charge is 0.466 e. The third-order valence-corrected chi connectivity index (χ3v) is 1.29. The highest BCUT2D eigenvalue weighted by Gasteiger charge is 1.95. The van der Waals surface area contributed by atoms with E-state index in [0.29, 0.717) is 25.1 Å². The number of esters is 2. The van der Waals surface area contributed by atoms with Gasteiger partial charge in [0.25, 0.3) is 0 Å². The molecule has 0 rings (SSSR count). The fourth-order valence-corrected chi connectivity index (χ4v) is 0.489. The third kappa shape index (κ3) is 12.4. The lowest BCUT2D eigenvalue weighted by molar-refractivity contribution is -0.138. The van der Waals surface area contributed by atoms with Crippen LogP contribution in [0.3, 0.4) is 0 Å². The van der Waals surface area contributed by atoms with Gasteiger partial charge in [0.05, 0.1) is 13.7 Å². The van der Waals surface area contributed by atoms with E-state index in [1.165, 1.54) is 7.11 Å². The zero-order valence-corrected chi connectivity index (χ0v) is 9.82. The van der Waals surface area contributed by atoms with E-state index in [4.69, 9.17) is 5.73 Å². The molecule has 0 saturated heterocycles. The summed E-state index contributed by atoms with van der Waals surface area (Å²) >= 11 is 0. The fourth-order valence-electron chi connectivity index (χ4n) is 0.489. The van der Waals surface area contributed by atoms with Gasteiger partial charge >= 0.3 is 11.9 Å². The zero-order chi connectivity index (χ0) is 13.0. The van der Waals surface area contributed by atoms with Crippen LogP contribution in [0, 0.1) is 0 Å². The van der Waals surface area contributed by atoms with Gasteiger partial charge in [-0.3, -0.25) is 0 Å². The van der Waals surface area contributed by atoms with Crippen molar-refractivity contribution in [3.63, 3.8) is 0 Å². The van der Waals surface area contributed by atoms with Gasteiger partial charge in [-0.1, -0.05) is 13.2 Å². The van der Waals surface area contributed by atoms with E-state index in [9.17, 15) is 9.59 Å². The van der Waals surface area contributed by atoms with Gasteiger partial charge in [-0.05, 0) is 19.9 Å². The van der Waals surface area contributed by atoms with Crippen molar-refractivity contribution >= 4 is 11.9 Å². The summed E-state index contributed by atoms with van der Waals surface area (Å²) in [6.07, 6.45) is 1.84. The molecule has 0 amide bonds. The molecule has 0 atom stereocenters. The zero-order valence-electron chi connectivity index (χ0n) is 9.82. The van der Waals surface area contributed by atoms with Crippen LogP contribution in [0.4, 0.5) is 0 Å². The first kappa shape index (κ1) is 16.8. The fraction of sp³-hybridized carbons (Fsp3) is 0.455. The molecule has 92 valence electrons. The number of hydrogen-bond acceptors (Lipinski definition) is 5. The van der Waals surface area contributed by atoms with E-state index in [0.717, 1.165) is 6.08 Å². The summed E-state index contributed by atoms with van der Waals surface area (Å²) in [5.74, 6) is -0.733. The van der Waals surface area contributed by atoms with Crippen molar-refractivity contribution in [1.82, 2.24) is 0 Å². The Kier molecular flexibility index (Phi) is 12.0. The molecule has 0 heterocycles. The molecule has 5 heteroatoms. The van der Waals surface area contributed by atoms with Gasteiger partial charge in [0.15, 0.2) is 0 Å². The molecule has 0 saturated carbocycles. The highest BCUT2D eigenvalue weighted by Crippen LogP contribution is 1.87. The quantitative estimate of drug-likeness (QED) is 0.428. The predicted molar refractivity (Wildman–Crippen MR) is 61.7 cm³/mol. The van der Waals surface area contributed by atoms with Crippen LogP contribution < -0.4 is 5.73 Å². The minimum atomic E-state index is -0.386. The number of ether oxygens (including phenoxy) is 2. The highest BCUT2D eigenvalue weighted by atomic mass is 16.5. The molecular weight excluding hydrogens is 210 g/mol. The Labute approximate surface area is 95.9 Å². The molecular formula is C11H19NO4. The molecule has 5 nitrogen and oxygen atoms in total. The molecule has 16 heavy (non-hydrogen) atoms. The van der Waals surface area contributed by atoms with Crippen LogP contribution in [0.25, 0.3) is 0 Å². The van der Waals surface area contributed by atoms with Gasteiger partial charge in [0, 0.05) is 11.6 Å². The van der Waals surface area contributed by atoms with Crippen molar-refractivity contribution in [2.75, 3.05) is 20.3 Å². The van der Waals surface area contributed by atoms with Gasteiger partial charge in [-0.15, -0.1) is 0 Å². The summed E-state index contributed by atoms with van der Waals surface area (Å²) in [6, 6.07) is 0. The topological polar surface area (TPSA) is 78.6 Å². The van der Waals surface area contributed by atoms with Crippen molar-refractivity contribution < 1.29 is 19.1 Å². The van der Waals surface area contributed by atoms with Crippen LogP contribution in [0.1, 0.15) is 13.3 Å². The van der Waals surface area contributed by atoms with E-state index in [1.54, 1.807) is 6.92 Å². The lowest BCUT2D eigenvalue weighted by atomic mass is 10.4. The molecule has 0 radical (unpaired) electrons. The van der Waals surface area contributed by atoms with E-state index in [2.05, 4.69) is 22.6 Å².